The van der Waals surface area contributed by atoms with Crippen molar-refractivity contribution in [1.82, 2.24) is 40.0 Å². The second kappa shape index (κ2) is 12.0. The van der Waals surface area contributed by atoms with Gasteiger partial charge in [0.1, 0.15) is 17.1 Å². The molecule has 44 heavy (non-hydrogen) atoms. The Bertz CT molecular complexity index is 1930. The molecule has 1 fully saturated rings. The van der Waals surface area contributed by atoms with Crippen LogP contribution in [-0.4, -0.2) is 73.3 Å². The van der Waals surface area contributed by atoms with Crippen LogP contribution in [-0.2, 0) is 0 Å². The van der Waals surface area contributed by atoms with Gasteiger partial charge in [0, 0.05) is 42.3 Å². The highest BCUT2D eigenvalue weighted by Crippen LogP contribution is 2.33. The fraction of sp³-hybridized carbons (Fsp3) is 0.303. The molecular weight excluding hydrogens is 557 g/mol. The quantitative estimate of drug-likeness (QED) is 0.175. The van der Waals surface area contributed by atoms with Crippen molar-refractivity contribution in [1.29, 1.82) is 0 Å². The molecule has 1 aliphatic rings. The average Bonchev–Trinajstić information content (AvgIpc) is 3.65. The second-order valence-electron chi connectivity index (χ2n) is 11.6. The molecule has 1 saturated carbocycles. The van der Waals surface area contributed by atoms with Crippen LogP contribution in [0.5, 0.6) is 5.75 Å². The SMILES string of the molecule is CN(C)CCNc1cc(F)cc(-c2cncc3[nH]c(-c4n[nH]c5ccc(-c6cncc(OC7CCCCC7)c6)nc45)nc23)c1. The number of hydrogen-bond acceptors (Lipinski definition) is 8. The van der Waals surface area contributed by atoms with Crippen LogP contribution in [0, 0.1) is 5.82 Å². The van der Waals surface area contributed by atoms with Gasteiger partial charge in [0.15, 0.2) is 11.5 Å². The first kappa shape index (κ1) is 27.9. The van der Waals surface area contributed by atoms with E-state index in [9.17, 15) is 4.39 Å². The number of rotatable bonds is 9. The molecule has 0 unspecified atom stereocenters. The first-order valence-corrected chi connectivity index (χ1v) is 15.0. The summed E-state index contributed by atoms with van der Waals surface area (Å²) >= 11 is 0. The van der Waals surface area contributed by atoms with E-state index in [0.29, 0.717) is 45.9 Å². The van der Waals surface area contributed by atoms with Crippen LogP contribution < -0.4 is 10.1 Å². The van der Waals surface area contributed by atoms with Gasteiger partial charge in [-0.05, 0) is 81.7 Å². The summed E-state index contributed by atoms with van der Waals surface area (Å²) in [7, 11) is 4.00. The van der Waals surface area contributed by atoms with Crippen LogP contribution in [0.3, 0.4) is 0 Å². The van der Waals surface area contributed by atoms with Crippen LogP contribution in [0.1, 0.15) is 32.1 Å². The lowest BCUT2D eigenvalue weighted by Gasteiger charge is -2.22. The smallest absolute Gasteiger partial charge is 0.161 e. The summed E-state index contributed by atoms with van der Waals surface area (Å²) in [6.07, 6.45) is 13.1. The minimum absolute atomic E-state index is 0.238. The number of ether oxygens (including phenoxy) is 1. The third-order valence-corrected chi connectivity index (χ3v) is 7.99. The Morgan fingerprint density at radius 1 is 0.909 bits per heavy atom. The van der Waals surface area contributed by atoms with E-state index >= 15 is 0 Å². The molecule has 0 spiro atoms. The predicted octanol–water partition coefficient (Wildman–Crippen LogP) is 6.45. The van der Waals surface area contributed by atoms with Gasteiger partial charge in [0.2, 0.25) is 0 Å². The normalized spacial score (nSPS) is 14.1. The molecule has 0 amide bonds. The van der Waals surface area contributed by atoms with Gasteiger partial charge in [-0.25, -0.2) is 14.4 Å². The minimum Gasteiger partial charge on any atom is -0.489 e. The van der Waals surface area contributed by atoms with Crippen LogP contribution >= 0.6 is 0 Å². The van der Waals surface area contributed by atoms with E-state index in [2.05, 4.69) is 35.4 Å². The summed E-state index contributed by atoms with van der Waals surface area (Å²) in [4.78, 5) is 24.1. The first-order chi connectivity index (χ1) is 21.5. The summed E-state index contributed by atoms with van der Waals surface area (Å²) in [5.74, 6) is 0.966. The van der Waals surface area contributed by atoms with Crippen molar-refractivity contribution < 1.29 is 9.13 Å². The van der Waals surface area contributed by atoms with Crippen molar-refractivity contribution in [2.75, 3.05) is 32.5 Å². The number of pyridine rings is 3. The highest BCUT2D eigenvalue weighted by atomic mass is 19.1. The molecule has 10 nitrogen and oxygen atoms in total. The summed E-state index contributed by atoms with van der Waals surface area (Å²) in [5.41, 5.74) is 7.15. The van der Waals surface area contributed by atoms with Crippen LogP contribution in [0.15, 0.2) is 61.2 Å². The third-order valence-electron chi connectivity index (χ3n) is 7.99. The number of halogens is 1. The molecule has 0 saturated heterocycles. The van der Waals surface area contributed by atoms with Crippen molar-refractivity contribution >= 4 is 27.8 Å². The van der Waals surface area contributed by atoms with Crippen molar-refractivity contribution in [3.8, 4) is 39.7 Å². The zero-order valence-electron chi connectivity index (χ0n) is 24.8. The zero-order valence-corrected chi connectivity index (χ0v) is 24.8. The van der Waals surface area contributed by atoms with E-state index in [1.54, 1.807) is 24.8 Å². The molecule has 3 N–H and O–H groups in total. The number of hydrogen-bond donors (Lipinski definition) is 3. The number of H-pyrrole nitrogens is 2. The first-order valence-electron chi connectivity index (χ1n) is 15.0. The van der Waals surface area contributed by atoms with Gasteiger partial charge in [-0.2, -0.15) is 5.10 Å². The number of imidazole rings is 1. The standard InChI is InChI=1S/C33H34FN9O/c1-43(2)11-10-37-23-13-20(12-22(34)15-23)26-18-36-19-29-30(26)40-33(39-29)32-31-28(41-42-32)9-8-27(38-31)21-14-25(17-35-16-21)44-24-6-4-3-5-7-24/h8-9,12-19,24,37H,3-7,10-11H2,1-2H3,(H,39,40)(H,41,42). The predicted molar refractivity (Wildman–Crippen MR) is 170 cm³/mol. The van der Waals surface area contributed by atoms with Gasteiger partial charge in [-0.15, -0.1) is 0 Å². The summed E-state index contributed by atoms with van der Waals surface area (Å²) < 4.78 is 20.9. The van der Waals surface area contributed by atoms with E-state index < -0.39 is 0 Å². The summed E-state index contributed by atoms with van der Waals surface area (Å²) in [6.45, 7) is 1.52. The Labute approximate surface area is 254 Å². The molecule has 5 aromatic heterocycles. The van der Waals surface area contributed by atoms with Crippen molar-refractivity contribution in [3.63, 3.8) is 0 Å². The fourth-order valence-electron chi connectivity index (χ4n) is 5.75. The van der Waals surface area contributed by atoms with Gasteiger partial charge in [-0.1, -0.05) is 6.42 Å². The number of nitrogens with one attached hydrogen (secondary N) is 3. The molecule has 0 aliphatic heterocycles. The Kier molecular flexibility index (Phi) is 7.61. The molecule has 6 aromatic rings. The van der Waals surface area contributed by atoms with E-state index in [1.165, 1.54) is 31.4 Å². The van der Waals surface area contributed by atoms with Crippen molar-refractivity contribution in [2.45, 2.75) is 38.2 Å². The molecule has 1 aliphatic carbocycles. The maximum Gasteiger partial charge on any atom is 0.161 e. The average molecular weight is 592 g/mol. The minimum atomic E-state index is -0.333. The molecule has 0 bridgehead atoms. The number of fused-ring (bicyclic) bond motifs is 2. The fourth-order valence-corrected chi connectivity index (χ4v) is 5.75. The maximum absolute atomic E-state index is 14.7. The Balaban J connectivity index is 1.21. The van der Waals surface area contributed by atoms with E-state index in [0.717, 1.165) is 47.5 Å². The lowest BCUT2D eigenvalue weighted by Crippen LogP contribution is -2.20. The number of aromatic amines is 2. The Hall–Kier alpha value is -4.90. The van der Waals surface area contributed by atoms with E-state index in [1.807, 2.05) is 38.4 Å². The molecule has 5 heterocycles. The molecule has 1 aromatic carbocycles. The van der Waals surface area contributed by atoms with Gasteiger partial charge in [0.25, 0.3) is 0 Å². The number of anilines is 1. The van der Waals surface area contributed by atoms with Crippen LogP contribution in [0.2, 0.25) is 0 Å². The van der Waals surface area contributed by atoms with Crippen molar-refractivity contribution in [2.24, 2.45) is 0 Å². The molecule has 7 rings (SSSR count). The highest BCUT2D eigenvalue weighted by molar-refractivity contribution is 5.96. The lowest BCUT2D eigenvalue weighted by atomic mass is 9.98. The molecular formula is C33H34FN9O. The van der Waals surface area contributed by atoms with Gasteiger partial charge in [0.05, 0.1) is 40.7 Å². The third kappa shape index (κ3) is 5.83. The topological polar surface area (TPSA) is 121 Å². The van der Waals surface area contributed by atoms with E-state index in [4.69, 9.17) is 14.7 Å². The largest absolute Gasteiger partial charge is 0.489 e. The summed E-state index contributed by atoms with van der Waals surface area (Å²) in [5, 5.41) is 10.9. The summed E-state index contributed by atoms with van der Waals surface area (Å²) in [6, 6.07) is 10.8. The monoisotopic (exact) mass is 591 g/mol. The number of benzene rings is 1. The van der Waals surface area contributed by atoms with Crippen LogP contribution in [0.4, 0.5) is 10.1 Å². The number of likely N-dealkylation sites (N-methyl/N-ethyl adjacent to an activating group) is 1. The Morgan fingerprint density at radius 3 is 2.64 bits per heavy atom. The van der Waals surface area contributed by atoms with E-state index in [-0.39, 0.29) is 11.9 Å². The van der Waals surface area contributed by atoms with Gasteiger partial charge in [-0.3, -0.25) is 15.1 Å². The highest BCUT2D eigenvalue weighted by Gasteiger charge is 2.19. The maximum atomic E-state index is 14.7. The lowest BCUT2D eigenvalue weighted by molar-refractivity contribution is 0.154. The number of aromatic nitrogens is 7. The Morgan fingerprint density at radius 2 is 1.77 bits per heavy atom. The molecule has 0 atom stereocenters. The van der Waals surface area contributed by atoms with Crippen LogP contribution in [0.25, 0.3) is 56.0 Å². The van der Waals surface area contributed by atoms with Crippen molar-refractivity contribution in [3.05, 3.63) is 67.0 Å². The zero-order chi connectivity index (χ0) is 30.0. The number of nitrogens with zero attached hydrogens (tertiary/aromatic N) is 6. The molecule has 0 radical (unpaired) electrons. The van der Waals surface area contributed by atoms with Gasteiger partial charge >= 0.3 is 0 Å². The second-order valence-corrected chi connectivity index (χ2v) is 11.6. The molecule has 224 valence electrons. The van der Waals surface area contributed by atoms with Gasteiger partial charge < -0.3 is 19.9 Å². The molecule has 11 heteroatoms.